The highest BCUT2D eigenvalue weighted by Crippen LogP contribution is 2.32. The summed E-state index contributed by atoms with van der Waals surface area (Å²) in [6.07, 6.45) is 1.78. The molecule has 1 saturated heterocycles. The van der Waals surface area contributed by atoms with Crippen molar-refractivity contribution in [1.29, 1.82) is 0 Å². The average Bonchev–Trinajstić information content (AvgIpc) is 3.24. The van der Waals surface area contributed by atoms with E-state index in [4.69, 9.17) is 9.26 Å². The van der Waals surface area contributed by atoms with Gasteiger partial charge in [-0.2, -0.15) is 0 Å². The van der Waals surface area contributed by atoms with E-state index >= 15 is 0 Å². The van der Waals surface area contributed by atoms with E-state index in [1.165, 1.54) is 0 Å². The van der Waals surface area contributed by atoms with Crippen molar-refractivity contribution in [2.24, 2.45) is 0 Å². The van der Waals surface area contributed by atoms with Crippen LogP contribution in [0.15, 0.2) is 34.9 Å². The Kier molecular flexibility index (Phi) is 5.02. The summed E-state index contributed by atoms with van der Waals surface area (Å²) >= 11 is 0. The average molecular weight is 343 g/mol. The van der Waals surface area contributed by atoms with Gasteiger partial charge in [-0.05, 0) is 51.0 Å². The van der Waals surface area contributed by atoms with Crippen molar-refractivity contribution in [3.8, 4) is 0 Å². The van der Waals surface area contributed by atoms with Gasteiger partial charge in [0.25, 0.3) is 0 Å². The molecule has 1 N–H and O–H groups in total. The van der Waals surface area contributed by atoms with E-state index in [1.54, 1.807) is 36.1 Å². The minimum atomic E-state index is -0.374. The van der Waals surface area contributed by atoms with Gasteiger partial charge in [0.2, 0.25) is 0 Å². The Balaban J connectivity index is 1.66. The summed E-state index contributed by atoms with van der Waals surface area (Å²) in [6, 6.07) is 8.25. The highest BCUT2D eigenvalue weighted by molar-refractivity contribution is 5.92. The molecular formula is C18H21N3O4. The van der Waals surface area contributed by atoms with Crippen molar-refractivity contribution in [2.75, 3.05) is 18.5 Å². The number of carbonyl (C=O) groups excluding carboxylic acids is 2. The molecule has 0 radical (unpaired) electrons. The molecule has 1 aliphatic rings. The lowest BCUT2D eigenvalue weighted by Gasteiger charge is -2.23. The number of hydrogen-bond acceptors (Lipinski definition) is 5. The first kappa shape index (κ1) is 17.0. The van der Waals surface area contributed by atoms with E-state index in [0.29, 0.717) is 24.4 Å². The molecule has 0 saturated carbocycles. The monoisotopic (exact) mass is 343 g/mol. The van der Waals surface area contributed by atoms with Crippen LogP contribution in [-0.4, -0.2) is 35.2 Å². The van der Waals surface area contributed by atoms with Gasteiger partial charge in [0.1, 0.15) is 11.5 Å². The number of carbonyl (C=O) groups is 2. The van der Waals surface area contributed by atoms with Gasteiger partial charge in [-0.15, -0.1) is 0 Å². The summed E-state index contributed by atoms with van der Waals surface area (Å²) in [4.78, 5) is 26.0. The smallest absolute Gasteiger partial charge is 0.338 e. The number of benzene rings is 1. The van der Waals surface area contributed by atoms with Gasteiger partial charge in [0.05, 0.1) is 18.2 Å². The van der Waals surface area contributed by atoms with Crippen LogP contribution in [0.5, 0.6) is 0 Å². The molecule has 2 heterocycles. The van der Waals surface area contributed by atoms with Gasteiger partial charge < -0.3 is 19.5 Å². The number of ether oxygens (including phenoxy) is 1. The van der Waals surface area contributed by atoms with E-state index in [9.17, 15) is 9.59 Å². The van der Waals surface area contributed by atoms with Crippen molar-refractivity contribution < 1.29 is 18.8 Å². The third-order valence-corrected chi connectivity index (χ3v) is 4.15. The first-order valence-electron chi connectivity index (χ1n) is 8.36. The number of esters is 1. The van der Waals surface area contributed by atoms with Gasteiger partial charge in [0, 0.05) is 18.3 Å². The van der Waals surface area contributed by atoms with Crippen LogP contribution >= 0.6 is 0 Å². The zero-order valence-electron chi connectivity index (χ0n) is 14.3. The van der Waals surface area contributed by atoms with Crippen molar-refractivity contribution in [3.05, 3.63) is 47.3 Å². The fourth-order valence-corrected chi connectivity index (χ4v) is 2.96. The molecule has 2 aromatic rings. The standard InChI is InChI=1S/C18H21N3O4/c1-3-24-17(22)13-6-8-14(9-7-13)19-18(23)21-10-4-5-16(21)15-11-12(2)25-20-15/h6-9,11,16H,3-5,10H2,1-2H3,(H,19,23)/t16-/m1/s1. The van der Waals surface area contributed by atoms with Crippen LogP contribution in [0.4, 0.5) is 10.5 Å². The lowest BCUT2D eigenvalue weighted by atomic mass is 10.1. The molecule has 7 heteroatoms. The van der Waals surface area contributed by atoms with E-state index in [0.717, 1.165) is 24.3 Å². The molecule has 132 valence electrons. The van der Waals surface area contributed by atoms with Gasteiger partial charge in [-0.25, -0.2) is 9.59 Å². The number of nitrogens with zero attached hydrogens (tertiary/aromatic N) is 2. The number of aromatic nitrogens is 1. The minimum absolute atomic E-state index is 0.0729. The van der Waals surface area contributed by atoms with Crippen molar-refractivity contribution >= 4 is 17.7 Å². The third kappa shape index (κ3) is 3.81. The van der Waals surface area contributed by atoms with Crippen LogP contribution < -0.4 is 5.32 Å². The molecule has 0 bridgehead atoms. The largest absolute Gasteiger partial charge is 0.462 e. The number of nitrogens with one attached hydrogen (secondary N) is 1. The molecule has 1 atom stereocenters. The summed E-state index contributed by atoms with van der Waals surface area (Å²) in [5.74, 6) is 0.359. The molecule has 0 spiro atoms. The quantitative estimate of drug-likeness (QED) is 0.859. The molecule has 2 amide bonds. The Morgan fingerprint density at radius 3 is 2.76 bits per heavy atom. The Morgan fingerprint density at radius 2 is 2.12 bits per heavy atom. The molecule has 0 unspecified atom stereocenters. The third-order valence-electron chi connectivity index (χ3n) is 4.15. The number of likely N-dealkylation sites (tertiary alicyclic amines) is 1. The predicted molar refractivity (Wildman–Crippen MR) is 91.3 cm³/mol. The predicted octanol–water partition coefficient (Wildman–Crippen LogP) is 3.53. The lowest BCUT2D eigenvalue weighted by molar-refractivity contribution is 0.0526. The Morgan fingerprint density at radius 1 is 1.36 bits per heavy atom. The maximum absolute atomic E-state index is 12.6. The lowest BCUT2D eigenvalue weighted by Crippen LogP contribution is -2.34. The van der Waals surface area contributed by atoms with Gasteiger partial charge in [-0.3, -0.25) is 0 Å². The van der Waals surface area contributed by atoms with Crippen LogP contribution in [0.1, 0.15) is 47.6 Å². The van der Waals surface area contributed by atoms with Gasteiger partial charge >= 0.3 is 12.0 Å². The summed E-state index contributed by atoms with van der Waals surface area (Å²) < 4.78 is 10.1. The molecule has 0 aliphatic carbocycles. The molecule has 1 aliphatic heterocycles. The molecule has 7 nitrogen and oxygen atoms in total. The second-order valence-corrected chi connectivity index (χ2v) is 5.94. The van der Waals surface area contributed by atoms with Crippen molar-refractivity contribution in [1.82, 2.24) is 10.1 Å². The number of aryl methyl sites for hydroxylation is 1. The zero-order chi connectivity index (χ0) is 17.8. The summed E-state index contributed by atoms with van der Waals surface area (Å²) in [5.41, 5.74) is 1.86. The van der Waals surface area contributed by atoms with Crippen LogP contribution in [0.25, 0.3) is 0 Å². The highest BCUT2D eigenvalue weighted by atomic mass is 16.5. The van der Waals surface area contributed by atoms with Gasteiger partial charge in [0.15, 0.2) is 0 Å². The number of rotatable bonds is 4. The zero-order valence-corrected chi connectivity index (χ0v) is 14.3. The summed E-state index contributed by atoms with van der Waals surface area (Å²) in [5, 5.41) is 6.90. The molecule has 3 rings (SSSR count). The maximum atomic E-state index is 12.6. The topological polar surface area (TPSA) is 84.7 Å². The minimum Gasteiger partial charge on any atom is -0.462 e. The van der Waals surface area contributed by atoms with Crippen LogP contribution in [0.3, 0.4) is 0 Å². The van der Waals surface area contributed by atoms with E-state index in [2.05, 4.69) is 10.5 Å². The molecule has 1 fully saturated rings. The highest BCUT2D eigenvalue weighted by Gasteiger charge is 2.32. The Labute approximate surface area is 145 Å². The maximum Gasteiger partial charge on any atom is 0.338 e. The first-order chi connectivity index (χ1) is 12.1. The Hall–Kier alpha value is -2.83. The van der Waals surface area contributed by atoms with E-state index in [1.807, 2.05) is 13.0 Å². The van der Waals surface area contributed by atoms with Crippen LogP contribution in [0, 0.1) is 6.92 Å². The second kappa shape index (κ2) is 7.38. The summed E-state index contributed by atoms with van der Waals surface area (Å²) in [6.45, 7) is 4.59. The molecule has 1 aromatic heterocycles. The number of hydrogen-bond donors (Lipinski definition) is 1. The summed E-state index contributed by atoms with van der Waals surface area (Å²) in [7, 11) is 0. The Bertz CT molecular complexity index is 754. The first-order valence-corrected chi connectivity index (χ1v) is 8.36. The normalized spacial score (nSPS) is 16.7. The number of urea groups is 1. The fraction of sp³-hybridized carbons (Fsp3) is 0.389. The molecular weight excluding hydrogens is 322 g/mol. The van der Waals surface area contributed by atoms with E-state index < -0.39 is 0 Å². The van der Waals surface area contributed by atoms with Crippen LogP contribution in [-0.2, 0) is 4.74 Å². The van der Waals surface area contributed by atoms with E-state index in [-0.39, 0.29) is 18.0 Å². The van der Waals surface area contributed by atoms with Crippen molar-refractivity contribution in [3.63, 3.8) is 0 Å². The van der Waals surface area contributed by atoms with Crippen molar-refractivity contribution in [2.45, 2.75) is 32.7 Å². The number of anilines is 1. The molecule has 25 heavy (non-hydrogen) atoms. The fourth-order valence-electron chi connectivity index (χ4n) is 2.96. The van der Waals surface area contributed by atoms with Crippen LogP contribution in [0.2, 0.25) is 0 Å². The molecule has 1 aromatic carbocycles. The van der Waals surface area contributed by atoms with Gasteiger partial charge in [-0.1, -0.05) is 5.16 Å². The second-order valence-electron chi connectivity index (χ2n) is 5.94. The number of amides is 2. The SMILES string of the molecule is CCOC(=O)c1ccc(NC(=O)N2CCC[C@@H]2c2cc(C)on2)cc1.